The van der Waals surface area contributed by atoms with Gasteiger partial charge in [-0.3, -0.25) is 0 Å². The van der Waals surface area contributed by atoms with E-state index in [9.17, 15) is 0 Å². The highest BCUT2D eigenvalue weighted by atomic mass is 15.2. The van der Waals surface area contributed by atoms with Gasteiger partial charge in [-0.25, -0.2) is 0 Å². The lowest BCUT2D eigenvalue weighted by Gasteiger charge is -2.33. The molecule has 1 saturated heterocycles. The van der Waals surface area contributed by atoms with Crippen molar-refractivity contribution < 1.29 is 0 Å². The van der Waals surface area contributed by atoms with Crippen molar-refractivity contribution >= 4 is 5.69 Å². The fourth-order valence-electron chi connectivity index (χ4n) is 2.86. The van der Waals surface area contributed by atoms with Crippen LogP contribution in [0.25, 0.3) is 0 Å². The Morgan fingerprint density at radius 3 is 2.68 bits per heavy atom. The molecule has 2 rings (SSSR count). The smallest absolute Gasteiger partial charge is 0.0429 e. The van der Waals surface area contributed by atoms with Crippen molar-refractivity contribution in [3.8, 4) is 0 Å². The predicted octanol–water partition coefficient (Wildman–Crippen LogP) is 2.20. The Bertz CT molecular complexity index is 366. The van der Waals surface area contributed by atoms with Crippen molar-refractivity contribution in [2.24, 2.45) is 0 Å². The third kappa shape index (κ3) is 3.71. The van der Waals surface area contributed by atoms with Crippen LogP contribution in [0.5, 0.6) is 0 Å². The number of likely N-dealkylation sites (N-methyl/N-ethyl adjacent to an activating group) is 1. The van der Waals surface area contributed by atoms with Gasteiger partial charge in [0.2, 0.25) is 0 Å². The summed E-state index contributed by atoms with van der Waals surface area (Å²) in [7, 11) is 4.29. The molecular formula is C16H27N3. The topological polar surface area (TPSA) is 18.5 Å². The minimum atomic E-state index is 0.602. The minimum Gasteiger partial charge on any atom is -0.367 e. The lowest BCUT2D eigenvalue weighted by molar-refractivity contribution is 0.252. The van der Waals surface area contributed by atoms with E-state index >= 15 is 0 Å². The van der Waals surface area contributed by atoms with E-state index in [1.807, 2.05) is 7.05 Å². The molecule has 3 heteroatoms. The Morgan fingerprint density at radius 1 is 1.26 bits per heavy atom. The zero-order valence-electron chi connectivity index (χ0n) is 12.5. The van der Waals surface area contributed by atoms with Gasteiger partial charge < -0.3 is 15.1 Å². The second kappa shape index (κ2) is 6.92. The van der Waals surface area contributed by atoms with Gasteiger partial charge in [0.1, 0.15) is 0 Å². The molecule has 0 spiro atoms. The first-order valence-corrected chi connectivity index (χ1v) is 7.39. The zero-order chi connectivity index (χ0) is 13.7. The third-order valence-electron chi connectivity index (χ3n) is 4.30. The summed E-state index contributed by atoms with van der Waals surface area (Å²) in [6, 6.07) is 12.1. The molecule has 1 aromatic carbocycles. The first kappa shape index (κ1) is 14.4. The normalized spacial score (nSPS) is 25.3. The molecule has 19 heavy (non-hydrogen) atoms. The van der Waals surface area contributed by atoms with Gasteiger partial charge in [-0.2, -0.15) is 0 Å². The maximum absolute atomic E-state index is 3.29. The molecule has 106 valence electrons. The van der Waals surface area contributed by atoms with Gasteiger partial charge in [0, 0.05) is 30.9 Å². The van der Waals surface area contributed by atoms with Gasteiger partial charge in [-0.05, 0) is 52.5 Å². The van der Waals surface area contributed by atoms with Crippen LogP contribution in [0.1, 0.15) is 19.8 Å². The van der Waals surface area contributed by atoms with Crippen LogP contribution in [0.4, 0.5) is 5.69 Å². The molecule has 0 bridgehead atoms. The molecule has 1 aliphatic heterocycles. The molecule has 1 aliphatic rings. The number of hydrogen-bond acceptors (Lipinski definition) is 3. The average Bonchev–Trinajstić information content (AvgIpc) is 2.58. The van der Waals surface area contributed by atoms with Gasteiger partial charge >= 0.3 is 0 Å². The van der Waals surface area contributed by atoms with Crippen LogP contribution in [-0.4, -0.2) is 50.7 Å². The Morgan fingerprint density at radius 2 is 2.00 bits per heavy atom. The van der Waals surface area contributed by atoms with E-state index in [-0.39, 0.29) is 0 Å². The summed E-state index contributed by atoms with van der Waals surface area (Å²) >= 11 is 0. The Labute approximate surface area is 117 Å². The number of nitrogens with one attached hydrogen (secondary N) is 1. The van der Waals surface area contributed by atoms with E-state index < -0.39 is 0 Å². The summed E-state index contributed by atoms with van der Waals surface area (Å²) in [6.45, 7) is 5.72. The van der Waals surface area contributed by atoms with Crippen LogP contribution >= 0.6 is 0 Å². The largest absolute Gasteiger partial charge is 0.367 e. The monoisotopic (exact) mass is 261 g/mol. The molecule has 0 saturated carbocycles. The second-order valence-electron chi connectivity index (χ2n) is 5.65. The van der Waals surface area contributed by atoms with E-state index in [1.54, 1.807) is 0 Å². The molecule has 0 aliphatic carbocycles. The SMILES string of the molecule is CNCCC1CN(C)C(C)CCN1c1ccccc1. The molecule has 1 fully saturated rings. The van der Waals surface area contributed by atoms with Gasteiger partial charge in [-0.15, -0.1) is 0 Å². The van der Waals surface area contributed by atoms with Crippen molar-refractivity contribution in [1.29, 1.82) is 0 Å². The first-order chi connectivity index (χ1) is 9.22. The molecule has 0 aromatic heterocycles. The number of para-hydroxylation sites is 1. The molecule has 1 aromatic rings. The third-order valence-corrected chi connectivity index (χ3v) is 4.30. The van der Waals surface area contributed by atoms with E-state index in [0.29, 0.717) is 12.1 Å². The van der Waals surface area contributed by atoms with Crippen LogP contribution in [0.15, 0.2) is 30.3 Å². The summed E-state index contributed by atoms with van der Waals surface area (Å²) in [5.74, 6) is 0. The highest BCUT2D eigenvalue weighted by molar-refractivity contribution is 5.47. The summed E-state index contributed by atoms with van der Waals surface area (Å²) < 4.78 is 0. The highest BCUT2D eigenvalue weighted by Gasteiger charge is 2.26. The number of rotatable bonds is 4. The molecular weight excluding hydrogens is 234 g/mol. The van der Waals surface area contributed by atoms with Crippen molar-refractivity contribution in [3.63, 3.8) is 0 Å². The van der Waals surface area contributed by atoms with E-state index in [1.165, 1.54) is 18.5 Å². The maximum Gasteiger partial charge on any atom is 0.0429 e. The van der Waals surface area contributed by atoms with Crippen LogP contribution in [0.3, 0.4) is 0 Å². The molecule has 1 N–H and O–H groups in total. The van der Waals surface area contributed by atoms with E-state index in [4.69, 9.17) is 0 Å². The van der Waals surface area contributed by atoms with Crippen LogP contribution in [-0.2, 0) is 0 Å². The van der Waals surface area contributed by atoms with Gasteiger partial charge in [-0.1, -0.05) is 18.2 Å². The fraction of sp³-hybridized carbons (Fsp3) is 0.625. The second-order valence-corrected chi connectivity index (χ2v) is 5.65. The predicted molar refractivity (Wildman–Crippen MR) is 82.8 cm³/mol. The van der Waals surface area contributed by atoms with Gasteiger partial charge in [0.05, 0.1) is 0 Å². The lowest BCUT2D eigenvalue weighted by atomic mass is 10.1. The fourth-order valence-corrected chi connectivity index (χ4v) is 2.86. The Hall–Kier alpha value is -1.06. The molecule has 2 atom stereocenters. The molecule has 0 amide bonds. The molecule has 1 heterocycles. The van der Waals surface area contributed by atoms with Gasteiger partial charge in [0.15, 0.2) is 0 Å². The van der Waals surface area contributed by atoms with E-state index in [2.05, 4.69) is 59.4 Å². The van der Waals surface area contributed by atoms with Crippen molar-refractivity contribution in [1.82, 2.24) is 10.2 Å². The first-order valence-electron chi connectivity index (χ1n) is 7.39. The quantitative estimate of drug-likeness (QED) is 0.896. The summed E-state index contributed by atoms with van der Waals surface area (Å²) in [4.78, 5) is 5.10. The van der Waals surface area contributed by atoms with Crippen molar-refractivity contribution in [2.75, 3.05) is 38.6 Å². The van der Waals surface area contributed by atoms with Crippen molar-refractivity contribution in [2.45, 2.75) is 31.8 Å². The number of hydrogen-bond donors (Lipinski definition) is 1. The zero-order valence-corrected chi connectivity index (χ0v) is 12.5. The lowest BCUT2D eigenvalue weighted by Crippen LogP contribution is -2.42. The van der Waals surface area contributed by atoms with Crippen LogP contribution in [0, 0.1) is 0 Å². The molecule has 3 nitrogen and oxygen atoms in total. The van der Waals surface area contributed by atoms with Crippen LogP contribution in [0.2, 0.25) is 0 Å². The standard InChI is InChI=1S/C16H27N3/c1-14-10-12-19(15-7-5-4-6-8-15)16(9-11-17-2)13-18(14)3/h4-8,14,16-17H,9-13H2,1-3H3. The summed E-state index contributed by atoms with van der Waals surface area (Å²) in [6.07, 6.45) is 2.43. The van der Waals surface area contributed by atoms with E-state index in [0.717, 1.165) is 19.6 Å². The number of nitrogens with zero attached hydrogens (tertiary/aromatic N) is 2. The average molecular weight is 261 g/mol. The minimum absolute atomic E-state index is 0.602. The number of anilines is 1. The maximum atomic E-state index is 3.29. The molecule has 0 radical (unpaired) electrons. The summed E-state index contributed by atoms with van der Waals surface area (Å²) in [5, 5.41) is 3.29. The van der Waals surface area contributed by atoms with Crippen LogP contribution < -0.4 is 10.2 Å². The summed E-state index contributed by atoms with van der Waals surface area (Å²) in [5.41, 5.74) is 1.37. The van der Waals surface area contributed by atoms with Gasteiger partial charge in [0.25, 0.3) is 0 Å². The van der Waals surface area contributed by atoms with Crippen molar-refractivity contribution in [3.05, 3.63) is 30.3 Å². The number of benzene rings is 1. The highest BCUT2D eigenvalue weighted by Crippen LogP contribution is 2.23. The molecule has 2 unspecified atom stereocenters. The Balaban J connectivity index is 2.16. The Kier molecular flexibility index (Phi) is 5.23.